The highest BCUT2D eigenvalue weighted by molar-refractivity contribution is 6.29. The first-order valence-corrected chi connectivity index (χ1v) is 5.65. The molecule has 2 unspecified atom stereocenters. The van der Waals surface area contributed by atoms with Crippen molar-refractivity contribution in [3.8, 4) is 0 Å². The minimum atomic E-state index is 0.540. The summed E-state index contributed by atoms with van der Waals surface area (Å²) in [5.74, 6) is 2.34. The first-order valence-electron chi connectivity index (χ1n) is 5.28. The summed E-state index contributed by atoms with van der Waals surface area (Å²) in [6.45, 7) is 2.26. The number of halogens is 1. The van der Waals surface area contributed by atoms with Gasteiger partial charge in [-0.1, -0.05) is 24.9 Å². The molecule has 0 spiro atoms. The molecule has 0 radical (unpaired) electrons. The second kappa shape index (κ2) is 4.26. The third kappa shape index (κ3) is 2.06. The van der Waals surface area contributed by atoms with Crippen molar-refractivity contribution in [3.63, 3.8) is 0 Å². The molecule has 1 aromatic heterocycles. The van der Waals surface area contributed by atoms with Gasteiger partial charge in [-0.3, -0.25) is 0 Å². The summed E-state index contributed by atoms with van der Waals surface area (Å²) in [6.07, 6.45) is 6.80. The fourth-order valence-corrected chi connectivity index (χ4v) is 2.37. The van der Waals surface area contributed by atoms with Gasteiger partial charge in [0.2, 0.25) is 0 Å². The fourth-order valence-electron chi connectivity index (χ4n) is 2.23. The van der Waals surface area contributed by atoms with Crippen molar-refractivity contribution in [3.05, 3.63) is 23.2 Å². The highest BCUT2D eigenvalue weighted by Gasteiger charge is 2.26. The minimum Gasteiger partial charge on any atom is -0.241 e. The lowest BCUT2D eigenvalue weighted by molar-refractivity contribution is 0.516. The van der Waals surface area contributed by atoms with E-state index in [1.54, 1.807) is 12.3 Å². The number of hydrogen-bond donors (Lipinski definition) is 0. The molecule has 0 amide bonds. The minimum absolute atomic E-state index is 0.540. The van der Waals surface area contributed by atoms with Crippen molar-refractivity contribution in [1.82, 2.24) is 9.97 Å². The Hall–Kier alpha value is -0.630. The van der Waals surface area contributed by atoms with E-state index in [1.165, 1.54) is 25.7 Å². The van der Waals surface area contributed by atoms with Crippen LogP contribution in [0.4, 0.5) is 0 Å². The molecule has 1 aliphatic rings. The van der Waals surface area contributed by atoms with E-state index in [9.17, 15) is 0 Å². The van der Waals surface area contributed by atoms with E-state index in [-0.39, 0.29) is 0 Å². The van der Waals surface area contributed by atoms with Crippen LogP contribution in [0.5, 0.6) is 0 Å². The van der Waals surface area contributed by atoms with Crippen LogP contribution < -0.4 is 0 Å². The average molecular weight is 211 g/mol. The molecule has 1 aromatic rings. The molecule has 1 saturated carbocycles. The van der Waals surface area contributed by atoms with E-state index >= 15 is 0 Å². The molecular formula is C11H15ClN2. The lowest BCUT2D eigenvalue weighted by Crippen LogP contribution is -2.01. The number of hydrogen-bond acceptors (Lipinski definition) is 2. The topological polar surface area (TPSA) is 25.8 Å². The van der Waals surface area contributed by atoms with Crippen molar-refractivity contribution >= 4 is 11.6 Å². The summed E-state index contributed by atoms with van der Waals surface area (Å²) in [6, 6.07) is 1.73. The third-order valence-corrected chi connectivity index (χ3v) is 3.33. The fraction of sp³-hybridized carbons (Fsp3) is 0.636. The molecule has 2 rings (SSSR count). The summed E-state index contributed by atoms with van der Waals surface area (Å²) in [7, 11) is 0. The second-order valence-corrected chi connectivity index (χ2v) is 4.41. The summed E-state index contributed by atoms with van der Waals surface area (Å²) in [5, 5.41) is 0.565. The van der Waals surface area contributed by atoms with Crippen molar-refractivity contribution < 1.29 is 0 Å². The van der Waals surface area contributed by atoms with Gasteiger partial charge >= 0.3 is 0 Å². The molecule has 2 atom stereocenters. The molecule has 0 aromatic carbocycles. The van der Waals surface area contributed by atoms with Gasteiger partial charge in [0.05, 0.1) is 0 Å². The molecule has 14 heavy (non-hydrogen) atoms. The van der Waals surface area contributed by atoms with Gasteiger partial charge in [-0.2, -0.15) is 0 Å². The molecule has 0 aliphatic heterocycles. The zero-order valence-corrected chi connectivity index (χ0v) is 9.17. The predicted molar refractivity (Wildman–Crippen MR) is 57.4 cm³/mol. The van der Waals surface area contributed by atoms with E-state index in [2.05, 4.69) is 16.9 Å². The quantitative estimate of drug-likeness (QED) is 0.699. The highest BCUT2D eigenvalue weighted by Crippen LogP contribution is 2.38. The van der Waals surface area contributed by atoms with Crippen LogP contribution >= 0.6 is 11.6 Å². The molecule has 0 N–H and O–H groups in total. The smallest absolute Gasteiger partial charge is 0.133 e. The van der Waals surface area contributed by atoms with Crippen LogP contribution in [-0.2, 0) is 0 Å². The predicted octanol–water partition coefficient (Wildman–Crippen LogP) is 3.42. The van der Waals surface area contributed by atoms with Gasteiger partial charge in [0.15, 0.2) is 0 Å². The summed E-state index contributed by atoms with van der Waals surface area (Å²) < 4.78 is 0. The normalized spacial score (nSPS) is 26.7. The largest absolute Gasteiger partial charge is 0.241 e. The van der Waals surface area contributed by atoms with Crippen LogP contribution in [-0.4, -0.2) is 9.97 Å². The van der Waals surface area contributed by atoms with Gasteiger partial charge in [0, 0.05) is 12.1 Å². The monoisotopic (exact) mass is 210 g/mol. The molecular weight excluding hydrogens is 196 g/mol. The molecule has 76 valence electrons. The molecule has 1 aliphatic carbocycles. The van der Waals surface area contributed by atoms with Gasteiger partial charge in [0.25, 0.3) is 0 Å². The van der Waals surface area contributed by atoms with Gasteiger partial charge in [-0.25, -0.2) is 9.97 Å². The van der Waals surface area contributed by atoms with Crippen LogP contribution in [0.15, 0.2) is 12.3 Å². The molecule has 0 saturated heterocycles. The SMILES string of the molecule is CCC1CCC(c2nccc(Cl)n2)C1. The standard InChI is InChI=1S/C11H15ClN2/c1-2-8-3-4-9(7-8)11-13-6-5-10(12)14-11/h5-6,8-9H,2-4,7H2,1H3. The van der Waals surface area contributed by atoms with Crippen molar-refractivity contribution in [1.29, 1.82) is 0 Å². The third-order valence-electron chi connectivity index (χ3n) is 3.12. The first kappa shape index (κ1) is 9.91. The Morgan fingerprint density at radius 1 is 1.50 bits per heavy atom. The number of nitrogens with zero attached hydrogens (tertiary/aromatic N) is 2. The number of aromatic nitrogens is 2. The second-order valence-electron chi connectivity index (χ2n) is 4.02. The zero-order valence-electron chi connectivity index (χ0n) is 8.41. The first-order chi connectivity index (χ1) is 6.79. The Bertz CT molecular complexity index is 314. The van der Waals surface area contributed by atoms with Crippen LogP contribution in [0.3, 0.4) is 0 Å². The number of rotatable bonds is 2. The van der Waals surface area contributed by atoms with Crippen molar-refractivity contribution in [2.24, 2.45) is 5.92 Å². The summed E-state index contributed by atoms with van der Waals surface area (Å²) in [4.78, 5) is 8.57. The molecule has 0 bridgehead atoms. The van der Waals surface area contributed by atoms with E-state index in [0.717, 1.165) is 11.7 Å². The van der Waals surface area contributed by atoms with E-state index < -0.39 is 0 Å². The lowest BCUT2D eigenvalue weighted by atomic mass is 10.0. The van der Waals surface area contributed by atoms with Crippen molar-refractivity contribution in [2.75, 3.05) is 0 Å². The highest BCUT2D eigenvalue weighted by atomic mass is 35.5. The van der Waals surface area contributed by atoms with Gasteiger partial charge in [-0.05, 0) is 31.2 Å². The average Bonchev–Trinajstić information content (AvgIpc) is 2.66. The lowest BCUT2D eigenvalue weighted by Gasteiger charge is -2.08. The molecule has 3 heteroatoms. The Balaban J connectivity index is 2.09. The maximum atomic E-state index is 5.84. The van der Waals surface area contributed by atoms with Crippen LogP contribution in [0.1, 0.15) is 44.3 Å². The maximum Gasteiger partial charge on any atom is 0.133 e. The van der Waals surface area contributed by atoms with Gasteiger partial charge < -0.3 is 0 Å². The Morgan fingerprint density at radius 3 is 3.00 bits per heavy atom. The van der Waals surface area contributed by atoms with E-state index in [0.29, 0.717) is 11.1 Å². The molecule has 1 fully saturated rings. The van der Waals surface area contributed by atoms with Gasteiger partial charge in [-0.15, -0.1) is 0 Å². The van der Waals surface area contributed by atoms with E-state index in [1.807, 2.05) is 0 Å². The maximum absolute atomic E-state index is 5.84. The Morgan fingerprint density at radius 2 is 2.36 bits per heavy atom. The Kier molecular flexibility index (Phi) is 3.02. The zero-order chi connectivity index (χ0) is 9.97. The van der Waals surface area contributed by atoms with Crippen LogP contribution in [0.25, 0.3) is 0 Å². The van der Waals surface area contributed by atoms with Gasteiger partial charge in [0.1, 0.15) is 11.0 Å². The molecule has 1 heterocycles. The van der Waals surface area contributed by atoms with Crippen molar-refractivity contribution in [2.45, 2.75) is 38.5 Å². The summed E-state index contributed by atoms with van der Waals surface area (Å²) >= 11 is 5.84. The molecule has 2 nitrogen and oxygen atoms in total. The van der Waals surface area contributed by atoms with Crippen LogP contribution in [0, 0.1) is 5.92 Å². The Labute approximate surface area is 89.7 Å². The summed E-state index contributed by atoms with van der Waals surface area (Å²) in [5.41, 5.74) is 0. The van der Waals surface area contributed by atoms with Crippen LogP contribution in [0.2, 0.25) is 5.15 Å². The van der Waals surface area contributed by atoms with E-state index in [4.69, 9.17) is 11.6 Å².